The lowest BCUT2D eigenvalue weighted by molar-refractivity contribution is -0.145. The second-order valence-electron chi connectivity index (χ2n) is 4.09. The van der Waals surface area contributed by atoms with E-state index in [1.807, 2.05) is 13.8 Å². The van der Waals surface area contributed by atoms with E-state index in [0.29, 0.717) is 13.0 Å². The average molecular weight is 241 g/mol. The number of nitrogens with zero attached hydrogens (tertiary/aromatic N) is 1. The van der Waals surface area contributed by atoms with Crippen molar-refractivity contribution >= 4 is 12.1 Å². The van der Waals surface area contributed by atoms with E-state index in [4.69, 9.17) is 4.74 Å². The third kappa shape index (κ3) is 3.47. The molecule has 1 aliphatic rings. The molecule has 1 heterocycles. The molecule has 0 saturated carbocycles. The maximum absolute atomic E-state index is 11.7. The second-order valence-corrected chi connectivity index (χ2v) is 4.09. The standard InChI is InChI=1S/C12H19NO4/c1-4-5-6-17-12(15)13-8-9(2)7-10(13)11(14)16-3/h8,10H,4-7H2,1-3H3. The van der Waals surface area contributed by atoms with Crippen molar-refractivity contribution in [3.63, 3.8) is 0 Å². The number of rotatable bonds is 4. The Morgan fingerprint density at radius 1 is 1.53 bits per heavy atom. The maximum atomic E-state index is 11.7. The Balaban J connectivity index is 2.59. The summed E-state index contributed by atoms with van der Waals surface area (Å²) in [5.41, 5.74) is 0.966. The van der Waals surface area contributed by atoms with Crippen LogP contribution in [-0.2, 0) is 14.3 Å². The minimum Gasteiger partial charge on any atom is -0.467 e. The number of carbonyl (C=O) groups excluding carboxylic acids is 2. The summed E-state index contributed by atoms with van der Waals surface area (Å²) in [7, 11) is 1.32. The van der Waals surface area contributed by atoms with Gasteiger partial charge in [0, 0.05) is 12.6 Å². The predicted octanol–water partition coefficient (Wildman–Crippen LogP) is 2.07. The molecule has 0 aromatic carbocycles. The first-order chi connectivity index (χ1) is 8.10. The van der Waals surface area contributed by atoms with Gasteiger partial charge in [-0.15, -0.1) is 0 Å². The summed E-state index contributed by atoms with van der Waals surface area (Å²) in [5, 5.41) is 0. The van der Waals surface area contributed by atoms with Crippen molar-refractivity contribution in [3.05, 3.63) is 11.8 Å². The zero-order valence-corrected chi connectivity index (χ0v) is 10.6. The van der Waals surface area contributed by atoms with Crippen molar-refractivity contribution in [2.45, 2.75) is 39.2 Å². The number of carbonyl (C=O) groups is 2. The minimum absolute atomic E-state index is 0.382. The van der Waals surface area contributed by atoms with E-state index in [1.165, 1.54) is 12.0 Å². The average Bonchev–Trinajstić information content (AvgIpc) is 2.70. The van der Waals surface area contributed by atoms with Crippen molar-refractivity contribution in [2.24, 2.45) is 0 Å². The SMILES string of the molecule is CCCCOC(=O)N1C=C(C)CC1C(=O)OC. The van der Waals surface area contributed by atoms with E-state index < -0.39 is 18.1 Å². The van der Waals surface area contributed by atoms with E-state index in [0.717, 1.165) is 18.4 Å². The molecule has 0 bridgehead atoms. The van der Waals surface area contributed by atoms with Gasteiger partial charge in [0.25, 0.3) is 0 Å². The van der Waals surface area contributed by atoms with Gasteiger partial charge in [-0.3, -0.25) is 4.90 Å². The Morgan fingerprint density at radius 3 is 2.82 bits per heavy atom. The summed E-state index contributed by atoms with van der Waals surface area (Å²) in [4.78, 5) is 24.6. The van der Waals surface area contributed by atoms with Gasteiger partial charge in [0.1, 0.15) is 6.04 Å². The molecule has 0 aromatic rings. The molecule has 17 heavy (non-hydrogen) atoms. The fourth-order valence-corrected chi connectivity index (χ4v) is 1.67. The highest BCUT2D eigenvalue weighted by Gasteiger charge is 2.34. The van der Waals surface area contributed by atoms with Crippen molar-refractivity contribution in [1.82, 2.24) is 4.90 Å². The van der Waals surface area contributed by atoms with E-state index in [1.54, 1.807) is 6.20 Å². The zero-order chi connectivity index (χ0) is 12.8. The number of amides is 1. The Labute approximate surface area is 101 Å². The topological polar surface area (TPSA) is 55.8 Å². The van der Waals surface area contributed by atoms with Crippen molar-refractivity contribution in [2.75, 3.05) is 13.7 Å². The smallest absolute Gasteiger partial charge is 0.414 e. The fourth-order valence-electron chi connectivity index (χ4n) is 1.67. The zero-order valence-electron chi connectivity index (χ0n) is 10.6. The molecular formula is C12H19NO4. The van der Waals surface area contributed by atoms with Crippen LogP contribution in [0.1, 0.15) is 33.1 Å². The molecule has 5 heteroatoms. The van der Waals surface area contributed by atoms with Crippen LogP contribution in [0.3, 0.4) is 0 Å². The summed E-state index contributed by atoms with van der Waals surface area (Å²) in [6.07, 6.45) is 3.46. The Kier molecular flexibility index (Phi) is 5.00. The molecule has 0 saturated heterocycles. The summed E-state index contributed by atoms with van der Waals surface area (Å²) < 4.78 is 9.74. The number of hydrogen-bond donors (Lipinski definition) is 0. The van der Waals surface area contributed by atoms with E-state index in [-0.39, 0.29) is 0 Å². The Morgan fingerprint density at radius 2 is 2.24 bits per heavy atom. The van der Waals surface area contributed by atoms with Gasteiger partial charge in [0.15, 0.2) is 0 Å². The third-order valence-corrected chi connectivity index (χ3v) is 2.62. The highest BCUT2D eigenvalue weighted by Crippen LogP contribution is 2.23. The van der Waals surface area contributed by atoms with Gasteiger partial charge in [-0.05, 0) is 13.3 Å². The first-order valence-electron chi connectivity index (χ1n) is 5.80. The van der Waals surface area contributed by atoms with Crippen molar-refractivity contribution in [1.29, 1.82) is 0 Å². The van der Waals surface area contributed by atoms with Crippen LogP contribution in [0.15, 0.2) is 11.8 Å². The molecule has 1 rings (SSSR count). The first-order valence-corrected chi connectivity index (χ1v) is 5.80. The monoisotopic (exact) mass is 241 g/mol. The van der Waals surface area contributed by atoms with Crippen LogP contribution in [-0.4, -0.2) is 36.7 Å². The molecule has 0 N–H and O–H groups in total. The highest BCUT2D eigenvalue weighted by molar-refractivity contribution is 5.83. The molecule has 1 amide bonds. The van der Waals surface area contributed by atoms with Gasteiger partial charge in [-0.1, -0.05) is 18.9 Å². The second kappa shape index (κ2) is 6.27. The van der Waals surface area contributed by atoms with Gasteiger partial charge >= 0.3 is 12.1 Å². The lowest BCUT2D eigenvalue weighted by Gasteiger charge is -2.20. The molecular weight excluding hydrogens is 222 g/mol. The molecule has 0 aliphatic carbocycles. The van der Waals surface area contributed by atoms with Crippen LogP contribution < -0.4 is 0 Å². The van der Waals surface area contributed by atoms with Gasteiger partial charge in [0.05, 0.1) is 13.7 Å². The molecule has 1 aliphatic heterocycles. The number of unbranched alkanes of at least 4 members (excludes halogenated alkanes) is 1. The first kappa shape index (κ1) is 13.5. The minimum atomic E-state index is -0.575. The van der Waals surface area contributed by atoms with Gasteiger partial charge in [-0.25, -0.2) is 9.59 Å². The van der Waals surface area contributed by atoms with Crippen LogP contribution in [0.25, 0.3) is 0 Å². The van der Waals surface area contributed by atoms with Crippen LogP contribution in [0.4, 0.5) is 4.79 Å². The third-order valence-electron chi connectivity index (χ3n) is 2.62. The summed E-state index contributed by atoms with van der Waals surface area (Å²) >= 11 is 0. The number of hydrogen-bond acceptors (Lipinski definition) is 4. The predicted molar refractivity (Wildman–Crippen MR) is 62.3 cm³/mol. The quantitative estimate of drug-likeness (QED) is 0.558. The summed E-state index contributed by atoms with van der Waals surface area (Å²) in [6, 6.07) is -0.575. The Bertz CT molecular complexity index is 324. The van der Waals surface area contributed by atoms with Crippen molar-refractivity contribution in [3.8, 4) is 0 Å². The largest absolute Gasteiger partial charge is 0.467 e. The van der Waals surface area contributed by atoms with E-state index >= 15 is 0 Å². The molecule has 5 nitrogen and oxygen atoms in total. The van der Waals surface area contributed by atoms with Crippen LogP contribution in [0.2, 0.25) is 0 Å². The van der Waals surface area contributed by atoms with Crippen molar-refractivity contribution < 1.29 is 19.1 Å². The lowest BCUT2D eigenvalue weighted by atomic mass is 10.1. The van der Waals surface area contributed by atoms with Gasteiger partial charge < -0.3 is 9.47 Å². The number of esters is 1. The van der Waals surface area contributed by atoms with Gasteiger partial charge in [-0.2, -0.15) is 0 Å². The highest BCUT2D eigenvalue weighted by atomic mass is 16.6. The normalized spacial score (nSPS) is 18.9. The number of methoxy groups -OCH3 is 1. The Hall–Kier alpha value is -1.52. The van der Waals surface area contributed by atoms with E-state index in [2.05, 4.69) is 4.74 Å². The van der Waals surface area contributed by atoms with Gasteiger partial charge in [0.2, 0.25) is 0 Å². The molecule has 0 spiro atoms. The molecule has 0 fully saturated rings. The van der Waals surface area contributed by atoms with Crippen LogP contribution in [0.5, 0.6) is 0 Å². The fraction of sp³-hybridized carbons (Fsp3) is 0.667. The van der Waals surface area contributed by atoms with Crippen LogP contribution in [0, 0.1) is 0 Å². The molecule has 0 radical (unpaired) electrons. The van der Waals surface area contributed by atoms with E-state index in [9.17, 15) is 9.59 Å². The molecule has 96 valence electrons. The molecule has 1 atom stereocenters. The van der Waals surface area contributed by atoms with Crippen LogP contribution >= 0.6 is 0 Å². The summed E-state index contributed by atoms with van der Waals surface area (Å²) in [6.45, 7) is 4.27. The lowest BCUT2D eigenvalue weighted by Crippen LogP contribution is -2.39. The maximum Gasteiger partial charge on any atom is 0.414 e. The number of ether oxygens (including phenoxy) is 2. The summed E-state index contributed by atoms with van der Waals surface area (Å²) in [5.74, 6) is -0.412. The molecule has 1 unspecified atom stereocenters. The molecule has 0 aromatic heterocycles.